The molecule has 2 N–H and O–H groups in total. The molecule has 2 fully saturated rings. The van der Waals surface area contributed by atoms with E-state index < -0.39 is 10.0 Å². The maximum absolute atomic E-state index is 12.9. The molecule has 1 aromatic carbocycles. The van der Waals surface area contributed by atoms with Gasteiger partial charge in [-0.05, 0) is 49.8 Å². The van der Waals surface area contributed by atoms with Gasteiger partial charge >= 0.3 is 0 Å². The van der Waals surface area contributed by atoms with E-state index >= 15 is 0 Å². The summed E-state index contributed by atoms with van der Waals surface area (Å²) in [6.07, 6.45) is 2.80. The zero-order valence-corrected chi connectivity index (χ0v) is 16.5. The number of sulfonamides is 1. The Bertz CT molecular complexity index is 808. The number of carbonyl (C=O) groups is 2. The number of hydrogen-bond donors (Lipinski definition) is 1. The minimum atomic E-state index is -3.59. The highest BCUT2D eigenvalue weighted by Gasteiger charge is 2.30. The standard InChI is InChI=1S/C19H27N3O4S/c1-14-5-11-22(12-6-14)27(25,26)17-4-2-3-16(13-17)19(24)21-9-7-15(8-10-21)18(20)23/h2-4,13-15H,5-12H2,1H3,(H2,20,23). The smallest absolute Gasteiger partial charge is 0.253 e. The average molecular weight is 394 g/mol. The highest BCUT2D eigenvalue weighted by atomic mass is 32.2. The molecule has 0 bridgehead atoms. The number of nitrogens with two attached hydrogens (primary N) is 1. The van der Waals surface area contributed by atoms with Gasteiger partial charge in [0.15, 0.2) is 0 Å². The Morgan fingerprint density at radius 2 is 1.67 bits per heavy atom. The van der Waals surface area contributed by atoms with E-state index in [4.69, 9.17) is 5.73 Å². The molecule has 7 nitrogen and oxygen atoms in total. The maximum Gasteiger partial charge on any atom is 0.253 e. The van der Waals surface area contributed by atoms with Crippen LogP contribution in [0.1, 0.15) is 43.0 Å². The number of likely N-dealkylation sites (tertiary alicyclic amines) is 1. The molecule has 8 heteroatoms. The van der Waals surface area contributed by atoms with Crippen LogP contribution in [0.3, 0.4) is 0 Å². The first kappa shape index (κ1) is 19.8. The van der Waals surface area contributed by atoms with Crippen molar-refractivity contribution in [2.45, 2.75) is 37.5 Å². The van der Waals surface area contributed by atoms with E-state index in [0.29, 0.717) is 50.5 Å². The van der Waals surface area contributed by atoms with E-state index in [0.717, 1.165) is 12.8 Å². The van der Waals surface area contributed by atoms with Gasteiger partial charge < -0.3 is 10.6 Å². The lowest BCUT2D eigenvalue weighted by Crippen LogP contribution is -2.41. The van der Waals surface area contributed by atoms with Crippen molar-refractivity contribution in [3.05, 3.63) is 29.8 Å². The van der Waals surface area contributed by atoms with Crippen molar-refractivity contribution in [1.82, 2.24) is 9.21 Å². The van der Waals surface area contributed by atoms with Crippen LogP contribution in [0.5, 0.6) is 0 Å². The second-order valence-corrected chi connectivity index (χ2v) is 9.52. The van der Waals surface area contributed by atoms with Crippen LogP contribution in [0.15, 0.2) is 29.2 Å². The Hall–Kier alpha value is -1.93. The minimum Gasteiger partial charge on any atom is -0.369 e. The summed E-state index contributed by atoms with van der Waals surface area (Å²) < 4.78 is 27.3. The summed E-state index contributed by atoms with van der Waals surface area (Å²) in [4.78, 5) is 25.9. The lowest BCUT2D eigenvalue weighted by Gasteiger charge is -2.31. The highest BCUT2D eigenvalue weighted by molar-refractivity contribution is 7.89. The molecule has 0 aliphatic carbocycles. The van der Waals surface area contributed by atoms with Crippen LogP contribution in [0.25, 0.3) is 0 Å². The van der Waals surface area contributed by atoms with Crippen molar-refractivity contribution in [2.75, 3.05) is 26.2 Å². The Kier molecular flexibility index (Phi) is 5.86. The van der Waals surface area contributed by atoms with Crippen LogP contribution in [0, 0.1) is 11.8 Å². The van der Waals surface area contributed by atoms with Gasteiger partial charge in [-0.1, -0.05) is 13.0 Å². The third kappa shape index (κ3) is 4.32. The number of hydrogen-bond acceptors (Lipinski definition) is 4. The molecule has 2 aliphatic heterocycles. The van der Waals surface area contributed by atoms with Crippen LogP contribution in [-0.4, -0.2) is 55.6 Å². The quantitative estimate of drug-likeness (QED) is 0.836. The monoisotopic (exact) mass is 393 g/mol. The second-order valence-electron chi connectivity index (χ2n) is 7.58. The minimum absolute atomic E-state index is 0.162. The van der Waals surface area contributed by atoms with E-state index in [1.807, 2.05) is 0 Å². The molecule has 0 spiro atoms. The van der Waals surface area contributed by atoms with Gasteiger partial charge in [0.1, 0.15) is 0 Å². The molecule has 2 saturated heterocycles. The molecule has 0 unspecified atom stereocenters. The van der Waals surface area contributed by atoms with Crippen LogP contribution in [0.2, 0.25) is 0 Å². The van der Waals surface area contributed by atoms with E-state index in [1.165, 1.54) is 10.4 Å². The van der Waals surface area contributed by atoms with Crippen LogP contribution >= 0.6 is 0 Å². The van der Waals surface area contributed by atoms with Crippen molar-refractivity contribution < 1.29 is 18.0 Å². The largest absolute Gasteiger partial charge is 0.369 e. The molecular formula is C19H27N3O4S. The van der Waals surface area contributed by atoms with E-state index in [2.05, 4.69) is 6.92 Å². The molecule has 3 rings (SSSR count). The molecule has 1 aromatic rings. The predicted molar refractivity (Wildman–Crippen MR) is 101 cm³/mol. The Labute approximate surface area is 160 Å². The normalized spacial score (nSPS) is 20.6. The third-order valence-corrected chi connectivity index (χ3v) is 7.54. The summed E-state index contributed by atoms with van der Waals surface area (Å²) in [6, 6.07) is 6.27. The summed E-state index contributed by atoms with van der Waals surface area (Å²) >= 11 is 0. The molecule has 0 saturated carbocycles. The fourth-order valence-corrected chi connectivity index (χ4v) is 5.23. The van der Waals surface area contributed by atoms with Gasteiger partial charge in [0.05, 0.1) is 4.90 Å². The lowest BCUT2D eigenvalue weighted by molar-refractivity contribution is -0.123. The highest BCUT2D eigenvalue weighted by Crippen LogP contribution is 2.25. The van der Waals surface area contributed by atoms with Crippen molar-refractivity contribution >= 4 is 21.8 Å². The van der Waals surface area contributed by atoms with Gasteiger partial charge in [0.2, 0.25) is 15.9 Å². The predicted octanol–water partition coefficient (Wildman–Crippen LogP) is 1.44. The van der Waals surface area contributed by atoms with Crippen molar-refractivity contribution in [2.24, 2.45) is 17.6 Å². The van der Waals surface area contributed by atoms with E-state index in [9.17, 15) is 18.0 Å². The number of carbonyl (C=O) groups excluding carboxylic acids is 2. The summed E-state index contributed by atoms with van der Waals surface area (Å²) in [6.45, 7) is 4.07. The number of nitrogens with zero attached hydrogens (tertiary/aromatic N) is 2. The summed E-state index contributed by atoms with van der Waals surface area (Å²) in [5.74, 6) is -0.191. The van der Waals surface area contributed by atoms with E-state index in [-0.39, 0.29) is 22.6 Å². The van der Waals surface area contributed by atoms with Crippen molar-refractivity contribution in [3.63, 3.8) is 0 Å². The number of rotatable bonds is 4. The van der Waals surface area contributed by atoms with E-state index in [1.54, 1.807) is 23.1 Å². The van der Waals surface area contributed by atoms with Crippen molar-refractivity contribution in [3.8, 4) is 0 Å². The molecule has 148 valence electrons. The van der Waals surface area contributed by atoms with Crippen LogP contribution in [-0.2, 0) is 14.8 Å². The molecule has 2 amide bonds. The first-order chi connectivity index (χ1) is 12.8. The molecule has 0 atom stereocenters. The SMILES string of the molecule is CC1CCN(S(=O)(=O)c2cccc(C(=O)N3CCC(C(N)=O)CC3)c2)CC1. The first-order valence-electron chi connectivity index (χ1n) is 9.48. The Balaban J connectivity index is 1.73. The molecule has 27 heavy (non-hydrogen) atoms. The van der Waals surface area contributed by atoms with Gasteiger partial charge in [0.25, 0.3) is 5.91 Å². The van der Waals surface area contributed by atoms with Gasteiger partial charge in [-0.25, -0.2) is 8.42 Å². The second kappa shape index (κ2) is 7.98. The maximum atomic E-state index is 12.9. The summed E-state index contributed by atoms with van der Waals surface area (Å²) in [5.41, 5.74) is 5.69. The number of amides is 2. The molecule has 2 aliphatic rings. The average Bonchev–Trinajstić information content (AvgIpc) is 2.68. The first-order valence-corrected chi connectivity index (χ1v) is 10.9. The topological polar surface area (TPSA) is 101 Å². The number of piperidine rings is 2. The number of benzene rings is 1. The summed E-state index contributed by atoms with van der Waals surface area (Å²) in [7, 11) is -3.59. The lowest BCUT2D eigenvalue weighted by atomic mass is 9.96. The summed E-state index contributed by atoms with van der Waals surface area (Å²) in [5, 5.41) is 0. The molecule has 0 radical (unpaired) electrons. The number of primary amides is 1. The van der Waals surface area contributed by atoms with Gasteiger partial charge in [-0.2, -0.15) is 4.31 Å². The molecular weight excluding hydrogens is 366 g/mol. The Morgan fingerprint density at radius 3 is 2.26 bits per heavy atom. The Morgan fingerprint density at radius 1 is 1.04 bits per heavy atom. The molecule has 2 heterocycles. The van der Waals surface area contributed by atoms with Gasteiger partial charge in [-0.3, -0.25) is 9.59 Å². The fraction of sp³-hybridized carbons (Fsp3) is 0.579. The van der Waals surface area contributed by atoms with Crippen LogP contribution in [0.4, 0.5) is 0 Å². The fourth-order valence-electron chi connectivity index (χ4n) is 3.71. The zero-order chi connectivity index (χ0) is 19.6. The molecule has 0 aromatic heterocycles. The van der Waals surface area contributed by atoms with Crippen molar-refractivity contribution in [1.29, 1.82) is 0 Å². The van der Waals surface area contributed by atoms with Gasteiger partial charge in [0, 0.05) is 37.7 Å². The zero-order valence-electron chi connectivity index (χ0n) is 15.6. The van der Waals surface area contributed by atoms with Gasteiger partial charge in [-0.15, -0.1) is 0 Å². The van der Waals surface area contributed by atoms with Crippen LogP contribution < -0.4 is 5.73 Å². The third-order valence-electron chi connectivity index (χ3n) is 5.65.